The van der Waals surface area contributed by atoms with Gasteiger partial charge in [0.25, 0.3) is 0 Å². The molecule has 128 valence electrons. The molecule has 2 heterocycles. The van der Waals surface area contributed by atoms with Crippen LogP contribution in [0.3, 0.4) is 0 Å². The first-order valence-electron chi connectivity index (χ1n) is 8.46. The molecular formula is C18H24N4OS. The first kappa shape index (κ1) is 17.0. The van der Waals surface area contributed by atoms with E-state index in [1.807, 2.05) is 46.8 Å². The number of likely N-dealkylation sites (tertiary alicyclic amines) is 1. The van der Waals surface area contributed by atoms with Gasteiger partial charge in [-0.15, -0.1) is 10.2 Å². The molecule has 1 aromatic heterocycles. The van der Waals surface area contributed by atoms with Crippen molar-refractivity contribution in [1.29, 1.82) is 0 Å². The molecule has 0 bridgehead atoms. The average Bonchev–Trinajstić information content (AvgIpc) is 2.94. The molecule has 2 aromatic rings. The van der Waals surface area contributed by atoms with E-state index in [0.717, 1.165) is 29.4 Å². The maximum absolute atomic E-state index is 12.6. The van der Waals surface area contributed by atoms with Crippen LogP contribution in [0.15, 0.2) is 35.5 Å². The van der Waals surface area contributed by atoms with Crippen LogP contribution in [0, 0.1) is 0 Å². The highest BCUT2D eigenvalue weighted by Gasteiger charge is 2.29. The molecule has 1 saturated heterocycles. The van der Waals surface area contributed by atoms with Gasteiger partial charge in [0.15, 0.2) is 11.0 Å². The van der Waals surface area contributed by atoms with Gasteiger partial charge in [0.1, 0.15) is 0 Å². The Labute approximate surface area is 147 Å². The van der Waals surface area contributed by atoms with E-state index in [9.17, 15) is 4.79 Å². The number of hydrogen-bond donors (Lipinski definition) is 0. The fraction of sp³-hybridized carbons (Fsp3) is 0.500. The first-order valence-corrected chi connectivity index (χ1v) is 9.45. The van der Waals surface area contributed by atoms with E-state index in [4.69, 9.17) is 0 Å². The Morgan fingerprint density at radius 1 is 1.17 bits per heavy atom. The normalized spacial score (nSPS) is 21.0. The number of hydrogen-bond acceptors (Lipinski definition) is 4. The fourth-order valence-electron chi connectivity index (χ4n) is 3.39. The summed E-state index contributed by atoms with van der Waals surface area (Å²) in [5.41, 5.74) is 1.03. The molecule has 0 N–H and O–H groups in total. The Bertz CT molecular complexity index is 690. The number of benzene rings is 1. The van der Waals surface area contributed by atoms with Gasteiger partial charge >= 0.3 is 0 Å². The van der Waals surface area contributed by atoms with Gasteiger partial charge in [-0.2, -0.15) is 0 Å². The fourth-order valence-corrected chi connectivity index (χ4v) is 4.17. The lowest BCUT2D eigenvalue weighted by Crippen LogP contribution is -2.48. The van der Waals surface area contributed by atoms with E-state index < -0.39 is 0 Å². The van der Waals surface area contributed by atoms with Gasteiger partial charge in [-0.25, -0.2) is 0 Å². The zero-order chi connectivity index (χ0) is 17.1. The van der Waals surface area contributed by atoms with Crippen molar-refractivity contribution in [1.82, 2.24) is 19.7 Å². The lowest BCUT2D eigenvalue weighted by atomic mass is 9.98. The summed E-state index contributed by atoms with van der Waals surface area (Å²) >= 11 is 1.47. The maximum Gasteiger partial charge on any atom is 0.233 e. The monoisotopic (exact) mass is 344 g/mol. The van der Waals surface area contributed by atoms with Crippen LogP contribution in [0.5, 0.6) is 0 Å². The van der Waals surface area contributed by atoms with Crippen LogP contribution in [-0.2, 0) is 11.8 Å². The van der Waals surface area contributed by atoms with Crippen LogP contribution >= 0.6 is 11.8 Å². The van der Waals surface area contributed by atoms with E-state index in [1.165, 1.54) is 18.2 Å². The zero-order valence-electron chi connectivity index (χ0n) is 14.5. The summed E-state index contributed by atoms with van der Waals surface area (Å²) in [5, 5.41) is 9.30. The third-order valence-electron chi connectivity index (χ3n) is 4.67. The molecule has 0 unspecified atom stereocenters. The van der Waals surface area contributed by atoms with Crippen molar-refractivity contribution in [3.05, 3.63) is 30.3 Å². The van der Waals surface area contributed by atoms with Crippen molar-refractivity contribution in [3.8, 4) is 11.4 Å². The third kappa shape index (κ3) is 3.48. The molecule has 2 atom stereocenters. The SMILES string of the molecule is C[C@H]1CCC[C@H](C)N1C(=O)CSc1nnc(-c2ccccc2)n1C. The van der Waals surface area contributed by atoms with Gasteiger partial charge in [0.2, 0.25) is 5.91 Å². The van der Waals surface area contributed by atoms with Gasteiger partial charge in [0.05, 0.1) is 5.75 Å². The number of carbonyl (C=O) groups excluding carboxylic acids is 1. The number of nitrogens with zero attached hydrogens (tertiary/aromatic N) is 4. The lowest BCUT2D eigenvalue weighted by Gasteiger charge is -2.39. The lowest BCUT2D eigenvalue weighted by molar-refractivity contribution is -0.134. The second-order valence-corrected chi connectivity index (χ2v) is 7.39. The topological polar surface area (TPSA) is 51.0 Å². The van der Waals surface area contributed by atoms with Gasteiger partial charge in [-0.3, -0.25) is 4.79 Å². The minimum atomic E-state index is 0.198. The molecule has 1 aliphatic rings. The minimum Gasteiger partial charge on any atom is -0.337 e. The Morgan fingerprint density at radius 2 is 1.83 bits per heavy atom. The number of rotatable bonds is 4. The van der Waals surface area contributed by atoms with E-state index in [0.29, 0.717) is 17.8 Å². The summed E-state index contributed by atoms with van der Waals surface area (Å²) in [4.78, 5) is 14.7. The van der Waals surface area contributed by atoms with Crippen molar-refractivity contribution in [3.63, 3.8) is 0 Å². The van der Waals surface area contributed by atoms with Crippen LogP contribution in [0.25, 0.3) is 11.4 Å². The highest BCUT2D eigenvalue weighted by Crippen LogP contribution is 2.26. The molecule has 1 amide bonds. The molecule has 6 heteroatoms. The average molecular weight is 344 g/mol. The predicted molar refractivity (Wildman–Crippen MR) is 96.8 cm³/mol. The summed E-state index contributed by atoms with van der Waals surface area (Å²) < 4.78 is 1.95. The summed E-state index contributed by atoms with van der Waals surface area (Å²) in [5.74, 6) is 1.43. The molecule has 5 nitrogen and oxygen atoms in total. The molecular weight excluding hydrogens is 320 g/mol. The minimum absolute atomic E-state index is 0.198. The van der Waals surface area contributed by atoms with E-state index in [2.05, 4.69) is 24.0 Å². The second kappa shape index (κ2) is 7.38. The molecule has 0 aliphatic carbocycles. The van der Waals surface area contributed by atoms with Gasteiger partial charge < -0.3 is 9.47 Å². The van der Waals surface area contributed by atoms with Crippen molar-refractivity contribution < 1.29 is 4.79 Å². The summed E-state index contributed by atoms with van der Waals surface area (Å²) in [6.07, 6.45) is 3.41. The largest absolute Gasteiger partial charge is 0.337 e. The molecule has 24 heavy (non-hydrogen) atoms. The molecule has 0 radical (unpaired) electrons. The highest BCUT2D eigenvalue weighted by molar-refractivity contribution is 7.99. The molecule has 0 saturated carbocycles. The second-order valence-electron chi connectivity index (χ2n) is 6.45. The molecule has 0 spiro atoms. The van der Waals surface area contributed by atoms with Crippen molar-refractivity contribution >= 4 is 17.7 Å². The van der Waals surface area contributed by atoms with Crippen LogP contribution in [0.2, 0.25) is 0 Å². The number of piperidine rings is 1. The van der Waals surface area contributed by atoms with Crippen LogP contribution in [-0.4, -0.2) is 43.4 Å². The predicted octanol–water partition coefficient (Wildman–Crippen LogP) is 3.36. The highest BCUT2D eigenvalue weighted by atomic mass is 32.2. The summed E-state index contributed by atoms with van der Waals surface area (Å²) in [6.45, 7) is 4.29. The Morgan fingerprint density at radius 3 is 2.50 bits per heavy atom. The molecule has 3 rings (SSSR count). The van der Waals surface area contributed by atoms with Gasteiger partial charge in [0, 0.05) is 24.7 Å². The maximum atomic E-state index is 12.6. The first-order chi connectivity index (χ1) is 11.6. The van der Waals surface area contributed by atoms with Crippen LogP contribution < -0.4 is 0 Å². The number of carbonyl (C=O) groups is 1. The number of thioether (sulfide) groups is 1. The van der Waals surface area contributed by atoms with E-state index >= 15 is 0 Å². The van der Waals surface area contributed by atoms with Crippen LogP contribution in [0.4, 0.5) is 0 Å². The van der Waals surface area contributed by atoms with E-state index in [1.54, 1.807) is 0 Å². The van der Waals surface area contributed by atoms with E-state index in [-0.39, 0.29) is 5.91 Å². The smallest absolute Gasteiger partial charge is 0.233 e. The molecule has 1 fully saturated rings. The van der Waals surface area contributed by atoms with Crippen molar-refractivity contribution in [2.24, 2.45) is 7.05 Å². The zero-order valence-corrected chi connectivity index (χ0v) is 15.3. The Hall–Kier alpha value is -1.82. The molecule has 1 aromatic carbocycles. The summed E-state index contributed by atoms with van der Waals surface area (Å²) in [7, 11) is 1.95. The van der Waals surface area contributed by atoms with Gasteiger partial charge in [-0.1, -0.05) is 42.1 Å². The Balaban J connectivity index is 1.67. The number of aromatic nitrogens is 3. The van der Waals surface area contributed by atoms with Crippen molar-refractivity contribution in [2.75, 3.05) is 5.75 Å². The Kier molecular flexibility index (Phi) is 5.23. The number of amides is 1. The summed E-state index contributed by atoms with van der Waals surface area (Å²) in [6, 6.07) is 10.7. The quantitative estimate of drug-likeness (QED) is 0.798. The van der Waals surface area contributed by atoms with Gasteiger partial charge in [-0.05, 0) is 33.1 Å². The van der Waals surface area contributed by atoms with Crippen molar-refractivity contribution in [2.45, 2.75) is 50.4 Å². The standard InChI is InChI=1S/C18H24N4OS/c1-13-8-7-9-14(2)22(13)16(23)12-24-18-20-19-17(21(18)3)15-10-5-4-6-11-15/h4-6,10-11,13-14H,7-9,12H2,1-3H3/t13-,14-/m0/s1. The van der Waals surface area contributed by atoms with Crippen LogP contribution in [0.1, 0.15) is 33.1 Å². The molecule has 1 aliphatic heterocycles. The third-order valence-corrected chi connectivity index (χ3v) is 5.68.